The first-order chi connectivity index (χ1) is 14.8. The molecule has 2 N–H and O–H groups in total. The van der Waals surface area contributed by atoms with Gasteiger partial charge in [0, 0.05) is 33.7 Å². The van der Waals surface area contributed by atoms with E-state index in [4.69, 9.17) is 23.2 Å². The molecule has 0 atom stereocenters. The number of fused-ring (bicyclic) bond motifs is 1. The summed E-state index contributed by atoms with van der Waals surface area (Å²) in [5.74, 6) is -0.352. The van der Waals surface area contributed by atoms with Crippen LogP contribution in [-0.2, 0) is 11.3 Å². The Morgan fingerprint density at radius 1 is 1.03 bits per heavy atom. The zero-order chi connectivity index (χ0) is 22.1. The number of nitrogens with zero attached hydrogens (tertiary/aromatic N) is 2. The fraction of sp³-hybridized carbons (Fsp3) is 0.136. The highest BCUT2D eigenvalue weighted by molar-refractivity contribution is 7.20. The lowest BCUT2D eigenvalue weighted by molar-refractivity contribution is -0.114. The Kier molecular flexibility index (Phi) is 6.00. The van der Waals surface area contributed by atoms with Gasteiger partial charge in [0.1, 0.15) is 4.83 Å². The molecule has 0 aliphatic carbocycles. The monoisotopic (exact) mass is 472 g/mol. The van der Waals surface area contributed by atoms with Crippen LogP contribution in [0.1, 0.15) is 27.9 Å². The molecule has 0 saturated carbocycles. The highest BCUT2D eigenvalue weighted by Gasteiger charge is 2.17. The molecular weight excluding hydrogens is 455 g/mol. The molecule has 6 nitrogen and oxygen atoms in total. The predicted molar refractivity (Wildman–Crippen MR) is 127 cm³/mol. The van der Waals surface area contributed by atoms with Crippen LogP contribution in [0, 0.1) is 6.92 Å². The van der Waals surface area contributed by atoms with Gasteiger partial charge in [0.25, 0.3) is 5.91 Å². The molecule has 2 aromatic carbocycles. The molecule has 0 radical (unpaired) electrons. The van der Waals surface area contributed by atoms with Crippen LogP contribution in [0.4, 0.5) is 11.4 Å². The summed E-state index contributed by atoms with van der Waals surface area (Å²) in [4.78, 5) is 25.4. The first kappa shape index (κ1) is 21.4. The number of aromatic nitrogens is 2. The molecule has 2 heterocycles. The van der Waals surface area contributed by atoms with Crippen LogP contribution in [0.5, 0.6) is 0 Å². The number of thiophene rings is 1. The predicted octanol–water partition coefficient (Wildman–Crippen LogP) is 5.97. The number of hydrogen-bond donors (Lipinski definition) is 2. The zero-order valence-electron chi connectivity index (χ0n) is 16.7. The van der Waals surface area contributed by atoms with Crippen LogP contribution in [0.2, 0.25) is 10.0 Å². The minimum Gasteiger partial charge on any atom is -0.326 e. The van der Waals surface area contributed by atoms with Crippen molar-refractivity contribution in [2.45, 2.75) is 20.4 Å². The average molecular weight is 473 g/mol. The highest BCUT2D eigenvalue weighted by Crippen LogP contribution is 2.31. The molecule has 158 valence electrons. The quantitative estimate of drug-likeness (QED) is 0.375. The van der Waals surface area contributed by atoms with Gasteiger partial charge in [0.15, 0.2) is 0 Å². The lowest BCUT2D eigenvalue weighted by Crippen LogP contribution is -2.10. The molecule has 9 heteroatoms. The topological polar surface area (TPSA) is 76.0 Å². The number of hydrogen-bond acceptors (Lipinski definition) is 4. The molecule has 0 saturated heterocycles. The molecule has 0 aliphatic rings. The maximum Gasteiger partial charge on any atom is 0.265 e. The molecule has 0 bridgehead atoms. The van der Waals surface area contributed by atoms with Crippen molar-refractivity contribution in [3.05, 3.63) is 74.7 Å². The number of aryl methyl sites for hydroxylation is 1. The average Bonchev–Trinajstić information content (AvgIpc) is 3.27. The Hall–Kier alpha value is -2.87. The molecule has 0 fully saturated rings. The third-order valence-corrected chi connectivity index (χ3v) is 6.36. The van der Waals surface area contributed by atoms with Crippen molar-refractivity contribution in [3.63, 3.8) is 0 Å². The van der Waals surface area contributed by atoms with Crippen molar-refractivity contribution in [2.75, 3.05) is 10.6 Å². The molecule has 2 amide bonds. The number of nitrogens with one attached hydrogen (secondary N) is 2. The van der Waals surface area contributed by atoms with Crippen LogP contribution in [0.15, 0.2) is 48.5 Å². The summed E-state index contributed by atoms with van der Waals surface area (Å²) in [6, 6.07) is 14.2. The minimum absolute atomic E-state index is 0.147. The van der Waals surface area contributed by atoms with E-state index in [1.54, 1.807) is 36.4 Å². The van der Waals surface area contributed by atoms with Crippen LogP contribution in [0.3, 0.4) is 0 Å². The van der Waals surface area contributed by atoms with Gasteiger partial charge in [0.2, 0.25) is 5.91 Å². The van der Waals surface area contributed by atoms with Crippen LogP contribution >= 0.6 is 34.5 Å². The molecule has 0 aliphatic heterocycles. The third-order valence-electron chi connectivity index (χ3n) is 4.63. The molecule has 4 aromatic rings. The Balaban J connectivity index is 1.55. The van der Waals surface area contributed by atoms with E-state index in [0.29, 0.717) is 32.8 Å². The van der Waals surface area contributed by atoms with Crippen LogP contribution in [0.25, 0.3) is 10.2 Å². The Morgan fingerprint density at radius 3 is 2.35 bits per heavy atom. The fourth-order valence-electron chi connectivity index (χ4n) is 3.18. The lowest BCUT2D eigenvalue weighted by atomic mass is 10.2. The van der Waals surface area contributed by atoms with E-state index in [1.807, 2.05) is 23.7 Å². The standard InChI is InChI=1S/C22H18Cl2N4O2S/c1-12-18-10-20(21(30)26-17-7-5-16(6-8-17)25-13(2)29)31-22(18)28(27-12)11-14-3-4-15(23)9-19(14)24/h3-10H,11H2,1-2H3,(H,25,29)(H,26,30). The summed E-state index contributed by atoms with van der Waals surface area (Å²) in [5.41, 5.74) is 3.05. The maximum atomic E-state index is 12.8. The Labute approximate surface area is 192 Å². The molecule has 2 aromatic heterocycles. The van der Waals surface area contributed by atoms with E-state index in [2.05, 4.69) is 15.7 Å². The third kappa shape index (κ3) is 4.74. The van der Waals surface area contributed by atoms with Gasteiger partial charge >= 0.3 is 0 Å². The van der Waals surface area contributed by atoms with Crippen molar-refractivity contribution in [1.29, 1.82) is 0 Å². The first-order valence-corrected chi connectivity index (χ1v) is 11.0. The van der Waals surface area contributed by atoms with Gasteiger partial charge in [-0.2, -0.15) is 5.10 Å². The van der Waals surface area contributed by atoms with Gasteiger partial charge in [-0.25, -0.2) is 0 Å². The summed E-state index contributed by atoms with van der Waals surface area (Å²) in [5, 5.41) is 12.3. The first-order valence-electron chi connectivity index (χ1n) is 9.40. The lowest BCUT2D eigenvalue weighted by Gasteiger charge is -2.06. The van der Waals surface area contributed by atoms with E-state index in [1.165, 1.54) is 18.3 Å². The van der Waals surface area contributed by atoms with E-state index < -0.39 is 0 Å². The van der Waals surface area contributed by atoms with Crippen LogP contribution in [-0.4, -0.2) is 21.6 Å². The molecule has 0 unspecified atom stereocenters. The normalized spacial score (nSPS) is 11.0. The SMILES string of the molecule is CC(=O)Nc1ccc(NC(=O)c2cc3c(C)nn(Cc4ccc(Cl)cc4Cl)c3s2)cc1. The maximum absolute atomic E-state index is 12.8. The van der Waals surface area contributed by atoms with E-state index in [9.17, 15) is 9.59 Å². The van der Waals surface area contributed by atoms with Gasteiger partial charge in [-0.1, -0.05) is 29.3 Å². The molecule has 0 spiro atoms. The van der Waals surface area contributed by atoms with Gasteiger partial charge in [-0.3, -0.25) is 14.3 Å². The number of carbonyl (C=O) groups is 2. The number of carbonyl (C=O) groups excluding carboxylic acids is 2. The highest BCUT2D eigenvalue weighted by atomic mass is 35.5. The van der Waals surface area contributed by atoms with Crippen molar-refractivity contribution in [3.8, 4) is 0 Å². The second-order valence-corrected chi connectivity index (χ2v) is 8.90. The van der Waals surface area contributed by atoms with Crippen molar-refractivity contribution in [1.82, 2.24) is 9.78 Å². The van der Waals surface area contributed by atoms with E-state index in [0.717, 1.165) is 21.5 Å². The number of halogens is 2. The Bertz CT molecular complexity index is 1300. The minimum atomic E-state index is -0.205. The van der Waals surface area contributed by atoms with Crippen molar-refractivity contribution >= 4 is 67.9 Å². The van der Waals surface area contributed by atoms with Crippen molar-refractivity contribution < 1.29 is 9.59 Å². The van der Waals surface area contributed by atoms with Gasteiger partial charge < -0.3 is 10.6 Å². The summed E-state index contributed by atoms with van der Waals surface area (Å²) in [6.45, 7) is 3.84. The second kappa shape index (κ2) is 8.70. The number of amides is 2. The summed E-state index contributed by atoms with van der Waals surface area (Å²) in [6.07, 6.45) is 0. The largest absolute Gasteiger partial charge is 0.326 e. The Morgan fingerprint density at radius 2 is 1.71 bits per heavy atom. The summed E-state index contributed by atoms with van der Waals surface area (Å²) >= 11 is 13.7. The molecule has 31 heavy (non-hydrogen) atoms. The summed E-state index contributed by atoms with van der Waals surface area (Å²) in [7, 11) is 0. The zero-order valence-corrected chi connectivity index (χ0v) is 19.0. The van der Waals surface area contributed by atoms with Gasteiger partial charge in [0.05, 0.1) is 17.1 Å². The number of benzene rings is 2. The smallest absolute Gasteiger partial charge is 0.265 e. The van der Waals surface area contributed by atoms with Gasteiger partial charge in [-0.05, 0) is 55.0 Å². The van der Waals surface area contributed by atoms with E-state index in [-0.39, 0.29) is 11.8 Å². The summed E-state index contributed by atoms with van der Waals surface area (Å²) < 4.78 is 1.85. The molecular formula is C22H18Cl2N4O2S. The number of anilines is 2. The van der Waals surface area contributed by atoms with Gasteiger partial charge in [-0.15, -0.1) is 11.3 Å². The molecule has 4 rings (SSSR count). The fourth-order valence-corrected chi connectivity index (χ4v) is 4.70. The number of rotatable bonds is 5. The van der Waals surface area contributed by atoms with Crippen molar-refractivity contribution in [2.24, 2.45) is 0 Å². The second-order valence-electron chi connectivity index (χ2n) is 7.02. The van der Waals surface area contributed by atoms with Crippen LogP contribution < -0.4 is 10.6 Å². The van der Waals surface area contributed by atoms with E-state index >= 15 is 0 Å².